The van der Waals surface area contributed by atoms with E-state index in [9.17, 15) is 0 Å². The molecule has 0 spiro atoms. The minimum absolute atomic E-state index is 0.0230. The fourth-order valence-electron chi connectivity index (χ4n) is 5.51. The van der Waals surface area contributed by atoms with E-state index in [1.54, 1.807) is 0 Å². The zero-order chi connectivity index (χ0) is 23.5. The van der Waals surface area contributed by atoms with E-state index in [2.05, 4.69) is 70.9 Å². The summed E-state index contributed by atoms with van der Waals surface area (Å²) >= 11 is 0. The molecule has 186 valence electrons. The van der Waals surface area contributed by atoms with Gasteiger partial charge in [-0.15, -0.1) is 0 Å². The standard InChI is InChI=1S/C28H40N2O4/c1-2-31-13-14-32-15-16-33-17-18-34-23-27-20-28(26-11-7-4-8-12-26,30(22-27)24-29-21-27)19-25-9-5-3-6-10-25/h3-12,29H,2,13-24H2,1H3. The molecular formula is C28H40N2O4. The van der Waals surface area contributed by atoms with E-state index < -0.39 is 0 Å². The largest absolute Gasteiger partial charge is 0.379 e. The first-order valence-corrected chi connectivity index (χ1v) is 12.6. The number of nitrogens with one attached hydrogen (secondary N) is 1. The summed E-state index contributed by atoms with van der Waals surface area (Å²) in [7, 11) is 0. The van der Waals surface area contributed by atoms with Crippen molar-refractivity contribution in [3.05, 3.63) is 71.8 Å². The summed E-state index contributed by atoms with van der Waals surface area (Å²) in [5.74, 6) is 0. The molecule has 0 radical (unpaired) electrons. The number of hydrogen-bond acceptors (Lipinski definition) is 6. The Balaban J connectivity index is 1.31. The lowest BCUT2D eigenvalue weighted by Crippen LogP contribution is -2.52. The number of nitrogens with zero attached hydrogens (tertiary/aromatic N) is 1. The second-order valence-corrected chi connectivity index (χ2v) is 9.49. The van der Waals surface area contributed by atoms with Crippen molar-refractivity contribution in [2.75, 3.05) is 72.6 Å². The SMILES string of the molecule is CCOCCOCCOCCOCC12CNCN(C1)C(Cc1ccccc1)(c1ccccc1)C2. The molecule has 2 fully saturated rings. The zero-order valence-electron chi connectivity index (χ0n) is 20.5. The van der Waals surface area contributed by atoms with Crippen molar-refractivity contribution < 1.29 is 18.9 Å². The normalized spacial score (nSPS) is 26.1. The van der Waals surface area contributed by atoms with Gasteiger partial charge >= 0.3 is 0 Å². The van der Waals surface area contributed by atoms with E-state index in [1.165, 1.54) is 11.1 Å². The van der Waals surface area contributed by atoms with Crippen molar-refractivity contribution in [2.45, 2.75) is 25.3 Å². The Kier molecular flexibility index (Phi) is 9.50. The summed E-state index contributed by atoms with van der Waals surface area (Å²) in [6, 6.07) is 21.9. The predicted octanol–water partition coefficient (Wildman–Crippen LogP) is 3.46. The Morgan fingerprint density at radius 2 is 1.41 bits per heavy atom. The number of ether oxygens (including phenoxy) is 4. The van der Waals surface area contributed by atoms with Crippen LogP contribution in [0, 0.1) is 5.41 Å². The molecule has 0 saturated carbocycles. The molecule has 0 aromatic heterocycles. The fraction of sp³-hybridized carbons (Fsp3) is 0.571. The molecule has 4 rings (SSSR count). The molecule has 2 bridgehead atoms. The van der Waals surface area contributed by atoms with Crippen molar-refractivity contribution in [3.8, 4) is 0 Å². The molecule has 2 aromatic rings. The summed E-state index contributed by atoms with van der Waals surface area (Å²) in [6.45, 7) is 10.0. The summed E-state index contributed by atoms with van der Waals surface area (Å²) in [4.78, 5) is 2.64. The van der Waals surface area contributed by atoms with E-state index in [1.807, 2.05) is 6.92 Å². The Morgan fingerprint density at radius 1 is 0.794 bits per heavy atom. The quantitative estimate of drug-likeness (QED) is 0.404. The van der Waals surface area contributed by atoms with Gasteiger partial charge in [-0.3, -0.25) is 4.90 Å². The molecule has 0 amide bonds. The van der Waals surface area contributed by atoms with E-state index in [0.29, 0.717) is 39.6 Å². The lowest BCUT2D eigenvalue weighted by molar-refractivity contribution is -0.0186. The third kappa shape index (κ3) is 6.45. The predicted molar refractivity (Wildman–Crippen MR) is 134 cm³/mol. The van der Waals surface area contributed by atoms with E-state index in [-0.39, 0.29) is 11.0 Å². The average molecular weight is 469 g/mol. The van der Waals surface area contributed by atoms with Crippen molar-refractivity contribution in [1.29, 1.82) is 0 Å². The molecule has 34 heavy (non-hydrogen) atoms. The topological polar surface area (TPSA) is 52.2 Å². The van der Waals surface area contributed by atoms with Gasteiger partial charge in [-0.25, -0.2) is 0 Å². The van der Waals surface area contributed by atoms with Gasteiger partial charge < -0.3 is 24.3 Å². The molecule has 2 aliphatic rings. The molecule has 6 nitrogen and oxygen atoms in total. The van der Waals surface area contributed by atoms with Crippen LogP contribution >= 0.6 is 0 Å². The number of fused-ring (bicyclic) bond motifs is 2. The highest BCUT2D eigenvalue weighted by Gasteiger charge is 2.55. The van der Waals surface area contributed by atoms with Crippen molar-refractivity contribution in [3.63, 3.8) is 0 Å². The second-order valence-electron chi connectivity index (χ2n) is 9.49. The fourth-order valence-corrected chi connectivity index (χ4v) is 5.51. The third-order valence-corrected chi connectivity index (χ3v) is 6.98. The van der Waals surface area contributed by atoms with Crippen LogP contribution in [-0.2, 0) is 30.9 Å². The lowest BCUT2D eigenvalue weighted by Gasteiger charge is -2.39. The molecule has 2 saturated heterocycles. The maximum atomic E-state index is 6.18. The van der Waals surface area contributed by atoms with Gasteiger partial charge in [0.05, 0.1) is 51.8 Å². The number of hydrogen-bond donors (Lipinski definition) is 1. The van der Waals surface area contributed by atoms with Crippen LogP contribution in [0.3, 0.4) is 0 Å². The van der Waals surface area contributed by atoms with Gasteiger partial charge in [0.25, 0.3) is 0 Å². The van der Waals surface area contributed by atoms with E-state index >= 15 is 0 Å². The maximum Gasteiger partial charge on any atom is 0.0701 e. The highest BCUT2D eigenvalue weighted by atomic mass is 16.6. The van der Waals surface area contributed by atoms with Gasteiger partial charge in [-0.2, -0.15) is 0 Å². The van der Waals surface area contributed by atoms with Crippen LogP contribution in [0.2, 0.25) is 0 Å². The molecule has 3 atom stereocenters. The van der Waals surface area contributed by atoms with Gasteiger partial charge in [-0.1, -0.05) is 60.7 Å². The van der Waals surface area contributed by atoms with Gasteiger partial charge in [0, 0.05) is 31.8 Å². The Labute approximate surface area is 204 Å². The first-order chi connectivity index (χ1) is 16.8. The van der Waals surface area contributed by atoms with E-state index in [4.69, 9.17) is 18.9 Å². The molecule has 3 unspecified atom stereocenters. The van der Waals surface area contributed by atoms with Crippen LogP contribution in [0.25, 0.3) is 0 Å². The zero-order valence-corrected chi connectivity index (χ0v) is 20.5. The average Bonchev–Trinajstić information content (AvgIpc) is 3.10. The molecular weight excluding hydrogens is 428 g/mol. The van der Waals surface area contributed by atoms with E-state index in [0.717, 1.165) is 45.8 Å². The minimum Gasteiger partial charge on any atom is -0.379 e. The molecule has 6 heteroatoms. The summed E-state index contributed by atoms with van der Waals surface area (Å²) in [5, 5.41) is 3.68. The Hall–Kier alpha value is -1.80. The minimum atomic E-state index is -0.0230. The summed E-state index contributed by atoms with van der Waals surface area (Å²) in [5.41, 5.74) is 2.86. The Bertz CT molecular complexity index is 837. The van der Waals surface area contributed by atoms with Gasteiger partial charge in [0.15, 0.2) is 0 Å². The van der Waals surface area contributed by atoms with Gasteiger partial charge in [0.1, 0.15) is 0 Å². The number of rotatable bonds is 15. The van der Waals surface area contributed by atoms with Crippen LogP contribution in [0.4, 0.5) is 0 Å². The van der Waals surface area contributed by atoms with Crippen molar-refractivity contribution in [2.24, 2.45) is 5.41 Å². The van der Waals surface area contributed by atoms with Crippen LogP contribution < -0.4 is 5.32 Å². The van der Waals surface area contributed by atoms with Gasteiger partial charge in [-0.05, 0) is 30.9 Å². The van der Waals surface area contributed by atoms with Crippen molar-refractivity contribution in [1.82, 2.24) is 10.2 Å². The van der Waals surface area contributed by atoms with Crippen LogP contribution in [0.5, 0.6) is 0 Å². The second kappa shape index (κ2) is 12.8. The summed E-state index contributed by atoms with van der Waals surface area (Å²) in [6.07, 6.45) is 2.09. The number of benzene rings is 2. The molecule has 2 aliphatic heterocycles. The molecule has 2 heterocycles. The molecule has 2 aromatic carbocycles. The molecule has 0 aliphatic carbocycles. The lowest BCUT2D eigenvalue weighted by atomic mass is 9.75. The van der Waals surface area contributed by atoms with Gasteiger partial charge in [0.2, 0.25) is 0 Å². The first-order valence-electron chi connectivity index (χ1n) is 12.6. The summed E-state index contributed by atoms with van der Waals surface area (Å²) < 4.78 is 22.6. The van der Waals surface area contributed by atoms with Crippen LogP contribution in [-0.4, -0.2) is 77.5 Å². The maximum absolute atomic E-state index is 6.18. The Morgan fingerprint density at radius 3 is 2.09 bits per heavy atom. The first kappa shape index (κ1) is 25.3. The smallest absolute Gasteiger partial charge is 0.0701 e. The third-order valence-electron chi connectivity index (χ3n) is 6.98. The monoisotopic (exact) mass is 468 g/mol. The van der Waals surface area contributed by atoms with Crippen molar-refractivity contribution >= 4 is 0 Å². The van der Waals surface area contributed by atoms with Crippen LogP contribution in [0.1, 0.15) is 24.5 Å². The highest BCUT2D eigenvalue weighted by Crippen LogP contribution is 2.50. The molecule has 1 N–H and O–H groups in total. The van der Waals surface area contributed by atoms with Crippen LogP contribution in [0.15, 0.2) is 60.7 Å². The highest BCUT2D eigenvalue weighted by molar-refractivity contribution is 5.32.